The maximum absolute atomic E-state index is 10.5. The highest BCUT2D eigenvalue weighted by Gasteiger charge is 1.97. The number of alkyl halides is 1. The fourth-order valence-electron chi connectivity index (χ4n) is 1.14. The number of carbonyl (C=O) groups is 1. The highest BCUT2D eigenvalue weighted by atomic mass is 79.9. The number of halogens is 1. The van der Waals surface area contributed by atoms with Crippen molar-refractivity contribution in [2.24, 2.45) is 0 Å². The summed E-state index contributed by atoms with van der Waals surface area (Å²) in [6.07, 6.45) is 1.87. The van der Waals surface area contributed by atoms with Gasteiger partial charge in [0, 0.05) is 10.9 Å². The normalized spacial score (nSPS) is 9.83. The number of carbonyl (C=O) groups excluding carboxylic acids is 1. The van der Waals surface area contributed by atoms with E-state index in [1.807, 2.05) is 12.1 Å². The number of rotatable bonds is 3. The molecule has 0 heterocycles. The second-order valence-corrected chi connectivity index (χ2v) is 3.25. The number of hydrogen-bond acceptors (Lipinski definition) is 1. The minimum Gasteiger partial charge on any atom is -0.298 e. The summed E-state index contributed by atoms with van der Waals surface area (Å²) in [4.78, 5) is 10.5. The summed E-state index contributed by atoms with van der Waals surface area (Å²) < 4.78 is 0. The molecule has 2 heteroatoms. The summed E-state index contributed by atoms with van der Waals surface area (Å²) in [5.74, 6) is 0. The van der Waals surface area contributed by atoms with Gasteiger partial charge in [0.2, 0.25) is 0 Å². The highest BCUT2D eigenvalue weighted by Crippen LogP contribution is 2.12. The molecule has 0 radical (unpaired) electrons. The zero-order valence-corrected chi connectivity index (χ0v) is 8.60. The molecule has 1 aromatic carbocycles. The molecule has 0 bridgehead atoms. The number of hydrogen-bond donors (Lipinski definition) is 0. The molecule has 0 aliphatic carbocycles. The molecule has 0 unspecified atom stereocenters. The van der Waals surface area contributed by atoms with Gasteiger partial charge in [0.05, 0.1) is 0 Å². The lowest BCUT2D eigenvalue weighted by Crippen LogP contribution is -1.89. The van der Waals surface area contributed by atoms with E-state index in [9.17, 15) is 4.79 Å². The first kappa shape index (κ1) is 9.46. The van der Waals surface area contributed by atoms with E-state index in [-0.39, 0.29) is 0 Å². The summed E-state index contributed by atoms with van der Waals surface area (Å²) in [5.41, 5.74) is 3.15. The van der Waals surface area contributed by atoms with Gasteiger partial charge in [0.25, 0.3) is 0 Å². The first-order valence-corrected chi connectivity index (χ1v) is 5.06. The van der Waals surface area contributed by atoms with Crippen LogP contribution in [0.5, 0.6) is 0 Å². The van der Waals surface area contributed by atoms with Crippen molar-refractivity contribution in [2.75, 3.05) is 0 Å². The van der Waals surface area contributed by atoms with E-state index in [2.05, 4.69) is 28.9 Å². The van der Waals surface area contributed by atoms with Crippen LogP contribution in [0.3, 0.4) is 0 Å². The quantitative estimate of drug-likeness (QED) is 0.573. The maximum Gasteiger partial charge on any atom is 0.150 e. The highest BCUT2D eigenvalue weighted by molar-refractivity contribution is 9.08. The van der Waals surface area contributed by atoms with Crippen LogP contribution in [0.1, 0.15) is 28.4 Å². The third-order valence-electron chi connectivity index (χ3n) is 1.77. The Morgan fingerprint density at radius 1 is 1.33 bits per heavy atom. The molecule has 0 aromatic heterocycles. The first-order valence-electron chi connectivity index (χ1n) is 3.94. The second kappa shape index (κ2) is 4.41. The lowest BCUT2D eigenvalue weighted by Gasteiger charge is -2.01. The minimum atomic E-state index is 0.767. The predicted molar refractivity (Wildman–Crippen MR) is 53.8 cm³/mol. The Morgan fingerprint density at radius 2 is 2.00 bits per heavy atom. The van der Waals surface area contributed by atoms with Crippen LogP contribution in [0.15, 0.2) is 18.2 Å². The second-order valence-electron chi connectivity index (χ2n) is 2.69. The maximum atomic E-state index is 10.5. The lowest BCUT2D eigenvalue weighted by atomic mass is 10.1. The Balaban J connectivity index is 3.09. The van der Waals surface area contributed by atoms with E-state index in [4.69, 9.17) is 0 Å². The molecular weight excluding hydrogens is 216 g/mol. The van der Waals surface area contributed by atoms with Crippen molar-refractivity contribution in [3.8, 4) is 0 Å². The predicted octanol–water partition coefficient (Wildman–Crippen LogP) is 2.96. The van der Waals surface area contributed by atoms with Crippen LogP contribution in [0.4, 0.5) is 0 Å². The Bertz CT molecular complexity index is 259. The molecule has 0 saturated carbocycles. The van der Waals surface area contributed by atoms with Crippen LogP contribution >= 0.6 is 15.9 Å². The summed E-state index contributed by atoms with van der Waals surface area (Å²) in [6, 6.07) is 5.95. The molecule has 0 spiro atoms. The van der Waals surface area contributed by atoms with Crippen molar-refractivity contribution >= 4 is 22.2 Å². The summed E-state index contributed by atoms with van der Waals surface area (Å²) in [5, 5.41) is 0.807. The zero-order chi connectivity index (χ0) is 8.97. The van der Waals surface area contributed by atoms with Crippen LogP contribution in [-0.2, 0) is 11.8 Å². The van der Waals surface area contributed by atoms with Gasteiger partial charge in [-0.25, -0.2) is 0 Å². The van der Waals surface area contributed by atoms with Crippen molar-refractivity contribution in [3.63, 3.8) is 0 Å². The van der Waals surface area contributed by atoms with Gasteiger partial charge in [0.1, 0.15) is 6.29 Å². The average molecular weight is 227 g/mol. The first-order chi connectivity index (χ1) is 5.80. The fourth-order valence-corrected chi connectivity index (χ4v) is 1.46. The average Bonchev–Trinajstić information content (AvgIpc) is 2.16. The van der Waals surface area contributed by atoms with Gasteiger partial charge < -0.3 is 0 Å². The molecule has 0 aliphatic rings. The smallest absolute Gasteiger partial charge is 0.150 e. The minimum absolute atomic E-state index is 0.767. The van der Waals surface area contributed by atoms with Crippen LogP contribution in [0, 0.1) is 0 Å². The van der Waals surface area contributed by atoms with Crippen LogP contribution < -0.4 is 0 Å². The summed E-state index contributed by atoms with van der Waals surface area (Å²) in [7, 11) is 0. The van der Waals surface area contributed by atoms with E-state index in [1.165, 1.54) is 5.56 Å². The molecular formula is C10H11BrO. The van der Waals surface area contributed by atoms with Crippen LogP contribution in [0.25, 0.3) is 0 Å². The molecule has 1 aromatic rings. The SMILES string of the molecule is CCc1cc(C=O)cc(CBr)c1. The van der Waals surface area contributed by atoms with Gasteiger partial charge >= 0.3 is 0 Å². The number of benzene rings is 1. The number of aryl methyl sites for hydroxylation is 1. The topological polar surface area (TPSA) is 17.1 Å². The van der Waals surface area contributed by atoms with Gasteiger partial charge in [-0.05, 0) is 29.7 Å². The molecule has 0 N–H and O–H groups in total. The zero-order valence-electron chi connectivity index (χ0n) is 7.01. The summed E-state index contributed by atoms with van der Waals surface area (Å²) in [6.45, 7) is 2.09. The van der Waals surface area contributed by atoms with Crippen molar-refractivity contribution < 1.29 is 4.79 Å². The van der Waals surface area contributed by atoms with Gasteiger partial charge in [-0.2, -0.15) is 0 Å². The van der Waals surface area contributed by atoms with Gasteiger partial charge in [0.15, 0.2) is 0 Å². The molecule has 1 nitrogen and oxygen atoms in total. The van der Waals surface area contributed by atoms with E-state index in [0.29, 0.717) is 0 Å². The molecule has 0 saturated heterocycles. The van der Waals surface area contributed by atoms with E-state index in [1.54, 1.807) is 0 Å². The van der Waals surface area contributed by atoms with Crippen LogP contribution in [0.2, 0.25) is 0 Å². The summed E-state index contributed by atoms with van der Waals surface area (Å²) >= 11 is 3.37. The molecule has 0 fully saturated rings. The van der Waals surface area contributed by atoms with Gasteiger partial charge in [-0.3, -0.25) is 4.79 Å². The standard InChI is InChI=1S/C10H11BrO/c1-2-8-3-9(6-11)5-10(4-8)7-12/h3-5,7H,2,6H2,1H3. The molecule has 12 heavy (non-hydrogen) atoms. The molecule has 0 atom stereocenters. The molecule has 1 rings (SSSR count). The molecule has 0 amide bonds. The Hall–Kier alpha value is -0.630. The molecule has 0 aliphatic heterocycles. The number of aldehydes is 1. The molecule has 64 valence electrons. The van der Waals surface area contributed by atoms with Crippen molar-refractivity contribution in [2.45, 2.75) is 18.7 Å². The Kier molecular flexibility index (Phi) is 3.48. The van der Waals surface area contributed by atoms with E-state index >= 15 is 0 Å². The van der Waals surface area contributed by atoms with E-state index in [0.717, 1.165) is 29.2 Å². The van der Waals surface area contributed by atoms with Gasteiger partial charge in [-0.1, -0.05) is 28.9 Å². The fraction of sp³-hybridized carbons (Fsp3) is 0.300. The van der Waals surface area contributed by atoms with Crippen molar-refractivity contribution in [1.29, 1.82) is 0 Å². The lowest BCUT2D eigenvalue weighted by molar-refractivity contribution is 0.112. The van der Waals surface area contributed by atoms with Crippen molar-refractivity contribution in [1.82, 2.24) is 0 Å². The van der Waals surface area contributed by atoms with Gasteiger partial charge in [-0.15, -0.1) is 0 Å². The van der Waals surface area contributed by atoms with Crippen molar-refractivity contribution in [3.05, 3.63) is 34.9 Å². The Labute approximate surface area is 80.9 Å². The Morgan fingerprint density at radius 3 is 2.50 bits per heavy atom. The van der Waals surface area contributed by atoms with E-state index < -0.39 is 0 Å². The largest absolute Gasteiger partial charge is 0.298 e. The third-order valence-corrected chi connectivity index (χ3v) is 2.42. The third kappa shape index (κ3) is 2.18. The monoisotopic (exact) mass is 226 g/mol. The van der Waals surface area contributed by atoms with Crippen LogP contribution in [-0.4, -0.2) is 6.29 Å².